The first kappa shape index (κ1) is 4.52. The van der Waals surface area contributed by atoms with Crippen molar-refractivity contribution < 1.29 is 4.79 Å². The first-order valence-corrected chi connectivity index (χ1v) is 2.51. The number of carbonyl (C=O) groups is 1. The van der Waals surface area contributed by atoms with Crippen molar-refractivity contribution in [2.24, 2.45) is 4.99 Å². The quantitative estimate of drug-likeness (QED) is 0.491. The van der Waals surface area contributed by atoms with Gasteiger partial charge in [-0.05, 0) is 11.8 Å². The number of rotatable bonds is 0. The lowest BCUT2D eigenvalue weighted by atomic mass is 10.7. The summed E-state index contributed by atoms with van der Waals surface area (Å²) in [6.45, 7) is 0. The molecule has 1 rings (SSSR count). The number of hydrogen-bond donors (Lipinski definition) is 1. The molecule has 0 fully saturated rings. The minimum Gasteiger partial charge on any atom is -0.279 e. The van der Waals surface area contributed by atoms with Crippen LogP contribution in [0, 0.1) is 5.41 Å². The van der Waals surface area contributed by atoms with Crippen LogP contribution in [0.4, 0.5) is 0 Å². The van der Waals surface area contributed by atoms with Crippen molar-refractivity contribution in [3.8, 4) is 0 Å². The predicted octanol–water partition coefficient (Wildman–Crippen LogP) is 0.265. The van der Waals surface area contributed by atoms with Crippen molar-refractivity contribution in [1.82, 2.24) is 0 Å². The van der Waals surface area contributed by atoms with Crippen LogP contribution in [0.3, 0.4) is 0 Å². The van der Waals surface area contributed by atoms with E-state index in [9.17, 15) is 4.79 Å². The average Bonchev–Trinajstić information content (AvgIpc) is 1.91. The normalized spacial score (nSPS) is 18.9. The van der Waals surface area contributed by atoms with E-state index in [0.29, 0.717) is 0 Å². The molecule has 1 aliphatic rings. The van der Waals surface area contributed by atoms with Gasteiger partial charge in [0.15, 0.2) is 0 Å². The first-order valence-electron chi connectivity index (χ1n) is 1.63. The van der Waals surface area contributed by atoms with Crippen LogP contribution in [0.1, 0.15) is 0 Å². The van der Waals surface area contributed by atoms with Gasteiger partial charge in [0, 0.05) is 0 Å². The SMILES string of the molecule is N=C1N=CSC1=O. The van der Waals surface area contributed by atoms with Gasteiger partial charge in [0.2, 0.25) is 5.84 Å². The molecular formula is C3H2N2OS. The molecular weight excluding hydrogens is 112 g/mol. The second-order valence-corrected chi connectivity index (χ2v) is 1.81. The molecule has 36 valence electrons. The van der Waals surface area contributed by atoms with E-state index < -0.39 is 0 Å². The van der Waals surface area contributed by atoms with Crippen LogP contribution in [0.25, 0.3) is 0 Å². The summed E-state index contributed by atoms with van der Waals surface area (Å²) >= 11 is 0.950. The Kier molecular flexibility index (Phi) is 0.941. The number of aliphatic imine (C=N–C) groups is 1. The van der Waals surface area contributed by atoms with Crippen LogP contribution in [0.15, 0.2) is 4.99 Å². The van der Waals surface area contributed by atoms with Gasteiger partial charge >= 0.3 is 0 Å². The molecule has 1 aliphatic heterocycles. The van der Waals surface area contributed by atoms with Gasteiger partial charge in [-0.25, -0.2) is 4.99 Å². The molecule has 0 unspecified atom stereocenters. The second-order valence-electron chi connectivity index (χ2n) is 0.988. The van der Waals surface area contributed by atoms with Crippen LogP contribution < -0.4 is 0 Å². The number of thioether (sulfide) groups is 1. The molecule has 0 amide bonds. The Hall–Kier alpha value is -0.640. The molecule has 0 aromatic carbocycles. The highest BCUT2D eigenvalue weighted by Crippen LogP contribution is 2.05. The van der Waals surface area contributed by atoms with E-state index in [1.807, 2.05) is 0 Å². The second kappa shape index (κ2) is 1.46. The summed E-state index contributed by atoms with van der Waals surface area (Å²) < 4.78 is 0. The lowest BCUT2D eigenvalue weighted by Gasteiger charge is -1.74. The zero-order chi connectivity index (χ0) is 5.28. The highest BCUT2D eigenvalue weighted by atomic mass is 32.2. The van der Waals surface area contributed by atoms with Crippen molar-refractivity contribution in [2.45, 2.75) is 0 Å². The topological polar surface area (TPSA) is 53.3 Å². The van der Waals surface area contributed by atoms with Gasteiger partial charge in [0.25, 0.3) is 5.12 Å². The van der Waals surface area contributed by atoms with Gasteiger partial charge in [-0.15, -0.1) is 0 Å². The van der Waals surface area contributed by atoms with E-state index in [-0.39, 0.29) is 11.0 Å². The molecule has 0 aromatic heterocycles. The summed E-state index contributed by atoms with van der Waals surface area (Å²) in [5.74, 6) is -0.148. The number of carbonyl (C=O) groups excluding carboxylic acids is 1. The summed E-state index contributed by atoms with van der Waals surface area (Å²) in [4.78, 5) is 13.6. The zero-order valence-corrected chi connectivity index (χ0v) is 4.16. The maximum absolute atomic E-state index is 10.2. The monoisotopic (exact) mass is 114 g/mol. The highest BCUT2D eigenvalue weighted by Gasteiger charge is 2.11. The van der Waals surface area contributed by atoms with Crippen molar-refractivity contribution in [3.63, 3.8) is 0 Å². The minimum atomic E-state index is -0.264. The molecule has 1 N–H and O–H groups in total. The van der Waals surface area contributed by atoms with Gasteiger partial charge < -0.3 is 0 Å². The van der Waals surface area contributed by atoms with E-state index >= 15 is 0 Å². The molecule has 0 spiro atoms. The highest BCUT2D eigenvalue weighted by molar-refractivity contribution is 8.27. The fourth-order valence-electron chi connectivity index (χ4n) is 0.235. The van der Waals surface area contributed by atoms with E-state index in [1.165, 1.54) is 5.55 Å². The molecule has 7 heavy (non-hydrogen) atoms. The Morgan fingerprint density at radius 3 is 2.71 bits per heavy atom. The lowest BCUT2D eigenvalue weighted by Crippen LogP contribution is -1.96. The standard InChI is InChI=1S/C3H2N2OS/c4-2-3(6)7-1-5-2/h1,4H. The van der Waals surface area contributed by atoms with E-state index in [0.717, 1.165) is 11.8 Å². The van der Waals surface area contributed by atoms with Gasteiger partial charge in [0.1, 0.15) is 0 Å². The molecule has 0 saturated heterocycles. The number of nitrogens with zero attached hydrogens (tertiary/aromatic N) is 1. The molecule has 0 bridgehead atoms. The number of nitrogens with one attached hydrogen (secondary N) is 1. The third kappa shape index (κ3) is 0.691. The van der Waals surface area contributed by atoms with Crippen LogP contribution in [-0.4, -0.2) is 16.5 Å². The Morgan fingerprint density at radius 1 is 1.86 bits per heavy atom. The molecule has 4 heteroatoms. The number of hydrogen-bond acceptors (Lipinski definition) is 3. The summed E-state index contributed by atoms with van der Waals surface area (Å²) in [7, 11) is 0. The van der Waals surface area contributed by atoms with E-state index in [1.54, 1.807) is 0 Å². The van der Waals surface area contributed by atoms with Crippen molar-refractivity contribution in [1.29, 1.82) is 5.41 Å². The Bertz CT molecular complexity index is 151. The maximum Gasteiger partial charge on any atom is 0.261 e. The van der Waals surface area contributed by atoms with Crippen LogP contribution in [0.5, 0.6) is 0 Å². The van der Waals surface area contributed by atoms with Crippen LogP contribution in [-0.2, 0) is 4.79 Å². The summed E-state index contributed by atoms with van der Waals surface area (Å²) in [6.07, 6.45) is 0. The van der Waals surface area contributed by atoms with Crippen molar-refractivity contribution in [3.05, 3.63) is 0 Å². The Labute approximate surface area is 44.3 Å². The summed E-state index contributed by atoms with van der Waals surface area (Å²) in [6, 6.07) is 0. The fourth-order valence-corrected chi connectivity index (χ4v) is 0.654. The summed E-state index contributed by atoms with van der Waals surface area (Å²) in [5.41, 5.74) is 1.37. The Balaban J connectivity index is 2.81. The van der Waals surface area contributed by atoms with Crippen molar-refractivity contribution >= 4 is 28.3 Å². The molecule has 0 radical (unpaired) electrons. The Morgan fingerprint density at radius 2 is 2.57 bits per heavy atom. The van der Waals surface area contributed by atoms with E-state index in [2.05, 4.69) is 4.99 Å². The van der Waals surface area contributed by atoms with Gasteiger partial charge in [-0.3, -0.25) is 10.2 Å². The predicted molar refractivity (Wildman–Crippen MR) is 28.8 cm³/mol. The first-order chi connectivity index (χ1) is 3.30. The van der Waals surface area contributed by atoms with Gasteiger partial charge in [-0.1, -0.05) is 0 Å². The van der Waals surface area contributed by atoms with Crippen LogP contribution in [0.2, 0.25) is 0 Å². The number of amidine groups is 1. The molecule has 1 heterocycles. The largest absolute Gasteiger partial charge is 0.279 e. The van der Waals surface area contributed by atoms with Crippen LogP contribution >= 0.6 is 11.8 Å². The molecule has 0 saturated carbocycles. The van der Waals surface area contributed by atoms with E-state index in [4.69, 9.17) is 5.41 Å². The molecule has 0 aliphatic carbocycles. The van der Waals surface area contributed by atoms with Gasteiger partial charge in [0.05, 0.1) is 5.55 Å². The zero-order valence-electron chi connectivity index (χ0n) is 3.34. The lowest BCUT2D eigenvalue weighted by molar-refractivity contribution is -0.105. The average molecular weight is 114 g/mol. The minimum absolute atomic E-state index is 0.148. The fraction of sp³-hybridized carbons (Fsp3) is 0. The molecule has 0 atom stereocenters. The van der Waals surface area contributed by atoms with Gasteiger partial charge in [-0.2, -0.15) is 0 Å². The third-order valence-corrected chi connectivity index (χ3v) is 1.15. The molecule has 0 aromatic rings. The maximum atomic E-state index is 10.2. The third-order valence-electron chi connectivity index (χ3n) is 0.535. The van der Waals surface area contributed by atoms with Crippen molar-refractivity contribution in [2.75, 3.05) is 0 Å². The summed E-state index contributed by atoms with van der Waals surface area (Å²) in [5, 5.41) is 6.42. The molecule has 3 nitrogen and oxygen atoms in total. The smallest absolute Gasteiger partial charge is 0.261 e.